The van der Waals surface area contributed by atoms with Crippen LogP contribution in [0, 0.1) is 0 Å². The lowest BCUT2D eigenvalue weighted by Gasteiger charge is -2.18. The molecule has 2 N–H and O–H groups in total. The standard InChI is InChI=1S/C19H15BrN4O/c20-14-8-6-13(7-9-14)16-10-15(12-4-2-1-3-5-12)23-17-18(24-16)21-11-22-19(17)25/h1-9,11,16H,10H2,(H2,21,22,24,25)/t16-/m0/s1. The number of fused-ring (bicyclic) bond motifs is 1. The molecule has 0 amide bonds. The summed E-state index contributed by atoms with van der Waals surface area (Å²) in [4.78, 5) is 23.8. The molecule has 0 aliphatic carbocycles. The summed E-state index contributed by atoms with van der Waals surface area (Å²) >= 11 is 3.47. The van der Waals surface area contributed by atoms with Gasteiger partial charge in [-0.3, -0.25) is 4.79 Å². The van der Waals surface area contributed by atoms with Crippen LogP contribution in [0.3, 0.4) is 0 Å². The zero-order valence-electron chi connectivity index (χ0n) is 13.2. The largest absolute Gasteiger partial charge is 0.361 e. The van der Waals surface area contributed by atoms with Gasteiger partial charge in [-0.2, -0.15) is 0 Å². The Morgan fingerprint density at radius 2 is 1.80 bits per heavy atom. The normalized spacial score (nSPS) is 16.4. The van der Waals surface area contributed by atoms with E-state index in [4.69, 9.17) is 0 Å². The average molecular weight is 395 g/mol. The van der Waals surface area contributed by atoms with Crippen molar-refractivity contribution in [1.29, 1.82) is 0 Å². The molecule has 1 aliphatic heterocycles. The van der Waals surface area contributed by atoms with Crippen molar-refractivity contribution in [2.75, 3.05) is 5.32 Å². The van der Waals surface area contributed by atoms with Crippen LogP contribution in [0.15, 0.2) is 75.2 Å². The van der Waals surface area contributed by atoms with E-state index >= 15 is 0 Å². The van der Waals surface area contributed by atoms with Crippen molar-refractivity contribution < 1.29 is 0 Å². The Kier molecular flexibility index (Phi) is 4.19. The van der Waals surface area contributed by atoms with E-state index in [-0.39, 0.29) is 11.6 Å². The second kappa shape index (κ2) is 6.64. The Labute approximate surface area is 153 Å². The Morgan fingerprint density at radius 1 is 1.04 bits per heavy atom. The number of rotatable bonds is 2. The second-order valence-electron chi connectivity index (χ2n) is 5.81. The highest BCUT2D eigenvalue weighted by Crippen LogP contribution is 2.32. The van der Waals surface area contributed by atoms with E-state index in [1.54, 1.807) is 0 Å². The van der Waals surface area contributed by atoms with Gasteiger partial charge in [-0.05, 0) is 23.3 Å². The van der Waals surface area contributed by atoms with Gasteiger partial charge in [0.05, 0.1) is 18.1 Å². The summed E-state index contributed by atoms with van der Waals surface area (Å²) in [6.45, 7) is 0. The van der Waals surface area contributed by atoms with Crippen LogP contribution in [0.4, 0.5) is 11.5 Å². The first-order valence-corrected chi connectivity index (χ1v) is 8.73. The van der Waals surface area contributed by atoms with Gasteiger partial charge in [0.25, 0.3) is 5.56 Å². The minimum absolute atomic E-state index is 0.0254. The maximum absolute atomic E-state index is 12.2. The van der Waals surface area contributed by atoms with Gasteiger partial charge in [0.2, 0.25) is 0 Å². The van der Waals surface area contributed by atoms with E-state index < -0.39 is 0 Å². The quantitative estimate of drug-likeness (QED) is 0.683. The van der Waals surface area contributed by atoms with Crippen LogP contribution in [0.1, 0.15) is 23.6 Å². The molecule has 1 aromatic heterocycles. The Bertz CT molecular complexity index is 980. The maximum atomic E-state index is 12.2. The minimum atomic E-state index is -0.248. The van der Waals surface area contributed by atoms with Crippen molar-refractivity contribution in [3.05, 3.63) is 86.9 Å². The molecule has 124 valence electrons. The fourth-order valence-corrected chi connectivity index (χ4v) is 3.17. The zero-order chi connectivity index (χ0) is 17.2. The number of aliphatic imine (C=N–C) groups is 1. The molecule has 5 nitrogen and oxygen atoms in total. The van der Waals surface area contributed by atoms with Gasteiger partial charge < -0.3 is 10.3 Å². The van der Waals surface area contributed by atoms with Crippen LogP contribution in [0.25, 0.3) is 0 Å². The number of hydrogen-bond acceptors (Lipinski definition) is 4. The molecule has 2 aromatic carbocycles. The molecule has 0 unspecified atom stereocenters. The molecule has 6 heteroatoms. The molecule has 3 aromatic rings. The Balaban J connectivity index is 1.84. The lowest BCUT2D eigenvalue weighted by molar-refractivity contribution is 0.820. The third kappa shape index (κ3) is 3.25. The highest BCUT2D eigenvalue weighted by atomic mass is 79.9. The predicted molar refractivity (Wildman–Crippen MR) is 103 cm³/mol. The van der Waals surface area contributed by atoms with Crippen LogP contribution in [-0.2, 0) is 0 Å². The number of halogens is 1. The number of nitrogens with zero attached hydrogens (tertiary/aromatic N) is 2. The molecule has 25 heavy (non-hydrogen) atoms. The summed E-state index contributed by atoms with van der Waals surface area (Å²) in [5.41, 5.74) is 3.05. The molecular formula is C19H15BrN4O. The van der Waals surface area contributed by atoms with Crippen LogP contribution in [0.5, 0.6) is 0 Å². The molecule has 4 rings (SSSR count). The Hall–Kier alpha value is -2.73. The second-order valence-corrected chi connectivity index (χ2v) is 6.72. The SMILES string of the molecule is O=c1[nH]cnc2c1N=C(c1ccccc1)C[C@@H](c1ccc(Br)cc1)N2. The highest BCUT2D eigenvalue weighted by Gasteiger charge is 2.23. The number of H-pyrrole nitrogens is 1. The van der Waals surface area contributed by atoms with E-state index in [1.807, 2.05) is 42.5 Å². The van der Waals surface area contributed by atoms with E-state index in [0.29, 0.717) is 17.9 Å². The van der Waals surface area contributed by atoms with E-state index in [2.05, 4.69) is 48.3 Å². The number of nitrogens with one attached hydrogen (secondary N) is 2. The van der Waals surface area contributed by atoms with Gasteiger partial charge in [0.1, 0.15) is 0 Å². The van der Waals surface area contributed by atoms with E-state index in [1.165, 1.54) is 6.33 Å². The number of benzene rings is 2. The fourth-order valence-electron chi connectivity index (χ4n) is 2.90. The van der Waals surface area contributed by atoms with Crippen molar-refractivity contribution in [2.45, 2.75) is 12.5 Å². The molecule has 0 bridgehead atoms. The molecule has 2 heterocycles. The van der Waals surface area contributed by atoms with Gasteiger partial charge in [0.15, 0.2) is 11.5 Å². The minimum Gasteiger partial charge on any atom is -0.361 e. The molecule has 0 fully saturated rings. The molecular weight excluding hydrogens is 380 g/mol. The summed E-state index contributed by atoms with van der Waals surface area (Å²) in [5, 5.41) is 3.37. The average Bonchev–Trinajstić information content (AvgIpc) is 2.84. The monoisotopic (exact) mass is 394 g/mol. The van der Waals surface area contributed by atoms with Gasteiger partial charge in [0, 0.05) is 10.9 Å². The molecule has 1 atom stereocenters. The molecule has 0 saturated carbocycles. The van der Waals surface area contributed by atoms with Crippen LogP contribution in [-0.4, -0.2) is 15.7 Å². The summed E-state index contributed by atoms with van der Waals surface area (Å²) in [6, 6.07) is 18.0. The van der Waals surface area contributed by atoms with Crippen molar-refractivity contribution >= 4 is 33.1 Å². The van der Waals surface area contributed by atoms with Gasteiger partial charge in [-0.1, -0.05) is 58.4 Å². The van der Waals surface area contributed by atoms with Crippen LogP contribution in [0.2, 0.25) is 0 Å². The van der Waals surface area contributed by atoms with Gasteiger partial charge in [-0.25, -0.2) is 9.98 Å². The van der Waals surface area contributed by atoms with Crippen molar-refractivity contribution in [2.24, 2.45) is 4.99 Å². The summed E-state index contributed by atoms with van der Waals surface area (Å²) < 4.78 is 1.02. The number of anilines is 1. The lowest BCUT2D eigenvalue weighted by atomic mass is 9.97. The number of aromatic amines is 1. The van der Waals surface area contributed by atoms with Crippen molar-refractivity contribution in [1.82, 2.24) is 9.97 Å². The Morgan fingerprint density at radius 3 is 2.56 bits per heavy atom. The third-order valence-electron chi connectivity index (χ3n) is 4.16. The van der Waals surface area contributed by atoms with E-state index in [0.717, 1.165) is 21.3 Å². The first-order valence-electron chi connectivity index (χ1n) is 7.93. The smallest absolute Gasteiger partial charge is 0.278 e. The number of hydrogen-bond donors (Lipinski definition) is 2. The molecule has 0 spiro atoms. The highest BCUT2D eigenvalue weighted by molar-refractivity contribution is 9.10. The third-order valence-corrected chi connectivity index (χ3v) is 4.69. The summed E-state index contributed by atoms with van der Waals surface area (Å²) in [7, 11) is 0. The maximum Gasteiger partial charge on any atom is 0.278 e. The van der Waals surface area contributed by atoms with Crippen LogP contribution >= 0.6 is 15.9 Å². The molecule has 0 saturated heterocycles. The summed E-state index contributed by atoms with van der Waals surface area (Å²) in [5.74, 6) is 0.502. The first-order chi connectivity index (χ1) is 12.2. The fraction of sp³-hybridized carbons (Fsp3) is 0.105. The van der Waals surface area contributed by atoms with Crippen molar-refractivity contribution in [3.63, 3.8) is 0 Å². The van der Waals surface area contributed by atoms with Crippen LogP contribution < -0.4 is 10.9 Å². The first kappa shape index (κ1) is 15.8. The van der Waals surface area contributed by atoms with Crippen molar-refractivity contribution in [3.8, 4) is 0 Å². The summed E-state index contributed by atoms with van der Waals surface area (Å²) in [6.07, 6.45) is 2.05. The lowest BCUT2D eigenvalue weighted by Crippen LogP contribution is -2.15. The molecule has 1 aliphatic rings. The number of aromatic nitrogens is 2. The zero-order valence-corrected chi connectivity index (χ0v) is 14.8. The van der Waals surface area contributed by atoms with E-state index in [9.17, 15) is 4.79 Å². The van der Waals surface area contributed by atoms with Gasteiger partial charge >= 0.3 is 0 Å². The predicted octanol–water partition coefficient (Wildman–Crippen LogP) is 4.21. The topological polar surface area (TPSA) is 70.1 Å². The molecule has 0 radical (unpaired) electrons. The van der Waals surface area contributed by atoms with Gasteiger partial charge in [-0.15, -0.1) is 0 Å².